The number of carbonyl (C=O) groups excluding carboxylic acids is 2. The van der Waals surface area contributed by atoms with Crippen molar-refractivity contribution in [3.63, 3.8) is 0 Å². The van der Waals surface area contributed by atoms with Crippen molar-refractivity contribution in [2.24, 2.45) is 0 Å². The monoisotopic (exact) mass is 348 g/mol. The van der Waals surface area contributed by atoms with E-state index in [1.165, 1.54) is 0 Å². The maximum absolute atomic E-state index is 11.9. The second-order valence-corrected chi connectivity index (χ2v) is 6.59. The van der Waals surface area contributed by atoms with Gasteiger partial charge in [0.25, 0.3) is 0 Å². The summed E-state index contributed by atoms with van der Waals surface area (Å²) in [6, 6.07) is 5.40. The molecule has 0 unspecified atom stereocenters. The van der Waals surface area contributed by atoms with E-state index in [9.17, 15) is 9.59 Å². The molecular weight excluding hydrogens is 324 g/mol. The Balaban J connectivity index is 2.08. The highest BCUT2D eigenvalue weighted by atomic mass is 16.6. The fourth-order valence-corrected chi connectivity index (χ4v) is 2.27. The normalized spacial score (nSPS) is 11.4. The first-order chi connectivity index (χ1) is 11.8. The van der Waals surface area contributed by atoms with E-state index in [4.69, 9.17) is 14.2 Å². The minimum Gasteiger partial charge on any atom is -0.463 e. The minimum atomic E-state index is -0.570. The molecule has 7 heteroatoms. The maximum atomic E-state index is 11.9. The van der Waals surface area contributed by atoms with Crippen LogP contribution in [0.3, 0.4) is 0 Å². The molecule has 1 heterocycles. The van der Waals surface area contributed by atoms with E-state index < -0.39 is 11.7 Å². The summed E-state index contributed by atoms with van der Waals surface area (Å²) >= 11 is 0. The SMILES string of the molecule is COCCOC(=O)Cc1c[nH]c2ccc(NC(=O)OC(C)(C)C)cc12. The van der Waals surface area contributed by atoms with Crippen LogP contribution in [-0.2, 0) is 25.4 Å². The van der Waals surface area contributed by atoms with Crippen molar-refractivity contribution in [2.45, 2.75) is 32.8 Å². The van der Waals surface area contributed by atoms with Crippen LogP contribution in [0.2, 0.25) is 0 Å². The number of ether oxygens (including phenoxy) is 3. The van der Waals surface area contributed by atoms with E-state index >= 15 is 0 Å². The Morgan fingerprint density at radius 2 is 1.96 bits per heavy atom. The summed E-state index contributed by atoms with van der Waals surface area (Å²) in [4.78, 5) is 26.9. The Labute approximate surface area is 146 Å². The predicted octanol–water partition coefficient (Wildman–Crippen LogP) is 3.25. The largest absolute Gasteiger partial charge is 0.463 e. The molecule has 2 N–H and O–H groups in total. The number of benzene rings is 1. The van der Waals surface area contributed by atoms with Gasteiger partial charge in [-0.2, -0.15) is 0 Å². The molecule has 2 rings (SSSR count). The molecule has 2 aromatic rings. The van der Waals surface area contributed by atoms with Crippen molar-refractivity contribution in [1.82, 2.24) is 4.98 Å². The van der Waals surface area contributed by atoms with Crippen LogP contribution in [-0.4, -0.2) is 43.0 Å². The molecule has 7 nitrogen and oxygen atoms in total. The summed E-state index contributed by atoms with van der Waals surface area (Å²) in [5, 5.41) is 3.54. The van der Waals surface area contributed by atoms with E-state index in [-0.39, 0.29) is 19.0 Å². The van der Waals surface area contributed by atoms with E-state index in [2.05, 4.69) is 10.3 Å². The van der Waals surface area contributed by atoms with Gasteiger partial charge >= 0.3 is 12.1 Å². The number of carbonyl (C=O) groups is 2. The molecule has 1 aromatic heterocycles. The van der Waals surface area contributed by atoms with Gasteiger partial charge in [-0.25, -0.2) is 4.79 Å². The molecular formula is C18H24N2O5. The molecule has 0 saturated carbocycles. The molecule has 0 aliphatic heterocycles. The summed E-state index contributed by atoms with van der Waals surface area (Å²) in [5.74, 6) is -0.330. The van der Waals surface area contributed by atoms with Crippen LogP contribution < -0.4 is 5.32 Å². The van der Waals surface area contributed by atoms with Crippen molar-refractivity contribution in [3.05, 3.63) is 30.0 Å². The van der Waals surface area contributed by atoms with Gasteiger partial charge < -0.3 is 19.2 Å². The average molecular weight is 348 g/mol. The van der Waals surface area contributed by atoms with Crippen molar-refractivity contribution >= 4 is 28.7 Å². The molecule has 0 fully saturated rings. The molecule has 1 aromatic carbocycles. The second kappa shape index (κ2) is 8.02. The molecule has 0 atom stereocenters. The fraction of sp³-hybridized carbons (Fsp3) is 0.444. The zero-order chi connectivity index (χ0) is 18.4. The average Bonchev–Trinajstić information content (AvgIpc) is 2.88. The first kappa shape index (κ1) is 18.8. The molecule has 0 aliphatic carbocycles. The van der Waals surface area contributed by atoms with Crippen LogP contribution in [0, 0.1) is 0 Å². The van der Waals surface area contributed by atoms with Crippen molar-refractivity contribution in [3.8, 4) is 0 Å². The van der Waals surface area contributed by atoms with Gasteiger partial charge in [-0.1, -0.05) is 0 Å². The van der Waals surface area contributed by atoms with Gasteiger partial charge in [-0.3, -0.25) is 10.1 Å². The minimum absolute atomic E-state index is 0.138. The predicted molar refractivity (Wildman–Crippen MR) is 94.7 cm³/mol. The molecule has 0 radical (unpaired) electrons. The van der Waals surface area contributed by atoms with Gasteiger partial charge in [0.2, 0.25) is 0 Å². The number of nitrogens with one attached hydrogen (secondary N) is 2. The Hall–Kier alpha value is -2.54. The van der Waals surface area contributed by atoms with E-state index in [0.717, 1.165) is 16.5 Å². The summed E-state index contributed by atoms with van der Waals surface area (Å²) < 4.78 is 15.2. The molecule has 25 heavy (non-hydrogen) atoms. The van der Waals surface area contributed by atoms with Crippen molar-refractivity contribution in [2.75, 3.05) is 25.6 Å². The molecule has 0 saturated heterocycles. The third kappa shape index (κ3) is 5.79. The third-order valence-corrected chi connectivity index (χ3v) is 3.30. The lowest BCUT2D eigenvalue weighted by Gasteiger charge is -2.19. The zero-order valence-electron chi connectivity index (χ0n) is 15.0. The van der Waals surface area contributed by atoms with Crippen LogP contribution in [0.15, 0.2) is 24.4 Å². The van der Waals surface area contributed by atoms with Crippen molar-refractivity contribution in [1.29, 1.82) is 0 Å². The number of rotatable bonds is 6. The third-order valence-electron chi connectivity index (χ3n) is 3.30. The Bertz CT molecular complexity index is 745. The number of anilines is 1. The van der Waals surface area contributed by atoms with E-state index in [1.807, 2.05) is 6.07 Å². The van der Waals surface area contributed by atoms with Crippen LogP contribution in [0.25, 0.3) is 10.9 Å². The lowest BCUT2D eigenvalue weighted by molar-refractivity contribution is -0.144. The first-order valence-corrected chi connectivity index (χ1v) is 8.03. The molecule has 0 spiro atoms. The first-order valence-electron chi connectivity index (χ1n) is 8.03. The number of amides is 1. The van der Waals surface area contributed by atoms with Crippen LogP contribution in [0.4, 0.5) is 10.5 Å². The topological polar surface area (TPSA) is 89.7 Å². The Kier molecular flexibility index (Phi) is 6.03. The highest BCUT2D eigenvalue weighted by molar-refractivity contribution is 5.93. The number of esters is 1. The lowest BCUT2D eigenvalue weighted by atomic mass is 10.1. The number of aromatic nitrogens is 1. The van der Waals surface area contributed by atoms with Gasteiger partial charge in [0, 0.05) is 29.9 Å². The van der Waals surface area contributed by atoms with Gasteiger partial charge in [-0.05, 0) is 44.5 Å². The number of hydrogen-bond acceptors (Lipinski definition) is 5. The smallest absolute Gasteiger partial charge is 0.412 e. The highest BCUT2D eigenvalue weighted by Gasteiger charge is 2.17. The van der Waals surface area contributed by atoms with Crippen LogP contribution in [0.1, 0.15) is 26.3 Å². The standard InChI is InChI=1S/C18H24N2O5/c1-18(2,3)25-17(22)20-13-5-6-15-14(10-13)12(11-19-15)9-16(21)24-8-7-23-4/h5-6,10-11,19H,7-9H2,1-4H3,(H,20,22). The van der Waals surface area contributed by atoms with Gasteiger partial charge in [0.15, 0.2) is 0 Å². The van der Waals surface area contributed by atoms with E-state index in [0.29, 0.717) is 12.3 Å². The maximum Gasteiger partial charge on any atom is 0.412 e. The zero-order valence-corrected chi connectivity index (χ0v) is 15.0. The molecule has 1 amide bonds. The quantitative estimate of drug-likeness (QED) is 0.618. The van der Waals surface area contributed by atoms with Gasteiger partial charge in [0.05, 0.1) is 13.0 Å². The Morgan fingerprint density at radius 1 is 1.20 bits per heavy atom. The highest BCUT2D eigenvalue weighted by Crippen LogP contribution is 2.23. The van der Waals surface area contributed by atoms with Crippen molar-refractivity contribution < 1.29 is 23.8 Å². The van der Waals surface area contributed by atoms with Crippen LogP contribution in [0.5, 0.6) is 0 Å². The number of aromatic amines is 1. The van der Waals surface area contributed by atoms with Gasteiger partial charge in [0.1, 0.15) is 12.2 Å². The van der Waals surface area contributed by atoms with E-state index in [1.54, 1.807) is 46.2 Å². The molecule has 0 bridgehead atoms. The molecule has 0 aliphatic rings. The number of methoxy groups -OCH3 is 1. The van der Waals surface area contributed by atoms with Gasteiger partial charge in [-0.15, -0.1) is 0 Å². The second-order valence-electron chi connectivity index (χ2n) is 6.59. The number of fused-ring (bicyclic) bond motifs is 1. The Morgan fingerprint density at radius 3 is 2.64 bits per heavy atom. The van der Waals surface area contributed by atoms with Crippen LogP contribution >= 0.6 is 0 Å². The summed E-state index contributed by atoms with van der Waals surface area (Å²) in [6.07, 6.45) is 1.38. The lowest BCUT2D eigenvalue weighted by Crippen LogP contribution is -2.27. The fourth-order valence-electron chi connectivity index (χ4n) is 2.27. The summed E-state index contributed by atoms with van der Waals surface area (Å²) in [7, 11) is 1.55. The number of H-pyrrole nitrogens is 1. The number of hydrogen-bond donors (Lipinski definition) is 2. The summed E-state index contributed by atoms with van der Waals surface area (Å²) in [6.45, 7) is 5.99. The summed E-state index contributed by atoms with van der Waals surface area (Å²) in [5.41, 5.74) is 1.69. The molecule has 136 valence electrons.